The number of hydrogen-bond acceptors (Lipinski definition) is 12. The number of phenols is 2. The molecular weight excluding hydrogens is 841 g/mol. The number of benzene rings is 2. The fourth-order valence-corrected chi connectivity index (χ4v) is 11.6. The standard InChI is InChI=1S/2C20H32N2O4S.C4H4O4/c2*1-22(15-8-3-4-9-15,16-10-5-6-11-16)14-19(23)17-12-7-13-18(20(17)24)21-27(2,25)26;5-3(6)1-2-4(7)8/h2*7,12-13,15-16,19,21,23H,3-6,8-11,14H2,1-2H3;1-2H,(H,5,6)(H,7,8)/b;;2-1-. The molecule has 2 atom stereocenters. The predicted molar refractivity (Wildman–Crippen MR) is 233 cm³/mol. The Morgan fingerprint density at radius 1 is 0.597 bits per heavy atom. The summed E-state index contributed by atoms with van der Waals surface area (Å²) < 4.78 is 52.4. The van der Waals surface area contributed by atoms with Gasteiger partial charge in [-0.15, -0.1) is 0 Å². The summed E-state index contributed by atoms with van der Waals surface area (Å²) in [6.45, 7) is 1.09. The number of nitrogens with one attached hydrogen (secondary N) is 2. The summed E-state index contributed by atoms with van der Waals surface area (Å²) in [5.41, 5.74) is 1.02. The summed E-state index contributed by atoms with van der Waals surface area (Å²) in [7, 11) is -2.46. The molecule has 0 spiro atoms. The van der Waals surface area contributed by atoms with Crippen LogP contribution in [0.2, 0.25) is 0 Å². The van der Waals surface area contributed by atoms with E-state index in [-0.39, 0.29) is 22.9 Å². The number of hydrogen-bond donors (Lipinski definition) is 6. The number of carbonyl (C=O) groups excluding carboxylic acids is 2. The van der Waals surface area contributed by atoms with Gasteiger partial charge >= 0.3 is 0 Å². The molecule has 2 aromatic rings. The molecule has 0 aliphatic heterocycles. The topological polar surface area (TPSA) is 254 Å². The van der Waals surface area contributed by atoms with Crippen molar-refractivity contribution >= 4 is 43.4 Å². The van der Waals surface area contributed by atoms with E-state index in [1.807, 2.05) is 0 Å². The minimum absolute atomic E-state index is 0.116. The van der Waals surface area contributed by atoms with Crippen LogP contribution in [0.15, 0.2) is 48.6 Å². The molecule has 2 unspecified atom stereocenters. The Bertz CT molecular complexity index is 1880. The highest BCUT2D eigenvalue weighted by Crippen LogP contribution is 2.42. The van der Waals surface area contributed by atoms with Crippen molar-refractivity contribution < 1.29 is 66.0 Å². The van der Waals surface area contributed by atoms with Crippen LogP contribution < -0.4 is 19.7 Å². The minimum atomic E-state index is -3.50. The molecular formula is C44H68N4O12S2. The van der Waals surface area contributed by atoms with Crippen LogP contribution in [0.5, 0.6) is 11.5 Å². The number of carbonyl (C=O) groups is 2. The van der Waals surface area contributed by atoms with Crippen molar-refractivity contribution in [2.75, 3.05) is 49.1 Å². The van der Waals surface area contributed by atoms with E-state index in [1.54, 1.807) is 24.3 Å². The van der Waals surface area contributed by atoms with Crippen molar-refractivity contribution in [2.24, 2.45) is 0 Å². The van der Waals surface area contributed by atoms with E-state index in [9.17, 15) is 57.1 Å². The van der Waals surface area contributed by atoms with E-state index < -0.39 is 44.2 Å². The first kappa shape index (κ1) is 50.7. The van der Waals surface area contributed by atoms with Crippen LogP contribution in [0.4, 0.5) is 11.4 Å². The number of aromatic hydroxyl groups is 2. The van der Waals surface area contributed by atoms with Gasteiger partial charge in [-0.25, -0.2) is 16.8 Å². The van der Waals surface area contributed by atoms with E-state index in [2.05, 4.69) is 23.5 Å². The second kappa shape index (κ2) is 22.1. The maximum atomic E-state index is 11.5. The lowest BCUT2D eigenvalue weighted by atomic mass is 10.00. The Labute approximate surface area is 367 Å². The Balaban J connectivity index is 0.000000232. The van der Waals surface area contributed by atoms with Gasteiger partial charge in [0.1, 0.15) is 36.8 Å². The summed E-state index contributed by atoms with van der Waals surface area (Å²) in [5, 5.41) is 62.0. The fraction of sp³-hybridized carbons (Fsp3) is 0.636. The first-order chi connectivity index (χ1) is 29.0. The zero-order valence-electron chi connectivity index (χ0n) is 36.6. The van der Waals surface area contributed by atoms with Gasteiger partial charge in [0.25, 0.3) is 0 Å². The van der Waals surface area contributed by atoms with Crippen molar-refractivity contribution in [3.8, 4) is 11.5 Å². The molecule has 6 rings (SSSR count). The molecule has 0 amide bonds. The Morgan fingerprint density at radius 2 is 0.855 bits per heavy atom. The van der Waals surface area contributed by atoms with Gasteiger partial charge in [0, 0.05) is 11.1 Å². The third kappa shape index (κ3) is 14.3. The molecule has 6 N–H and O–H groups in total. The van der Waals surface area contributed by atoms with E-state index in [0.717, 1.165) is 21.5 Å². The molecule has 0 saturated heterocycles. The number of sulfonamides is 2. The summed E-state index contributed by atoms with van der Waals surface area (Å²) in [5.74, 6) is -3.46. The fourth-order valence-electron chi connectivity index (χ4n) is 10.5. The quantitative estimate of drug-likeness (QED) is 0.0807. The van der Waals surface area contributed by atoms with E-state index >= 15 is 0 Å². The maximum absolute atomic E-state index is 11.5. The van der Waals surface area contributed by atoms with E-state index in [1.165, 1.54) is 115 Å². The molecule has 4 aliphatic carbocycles. The number of nitrogens with zero attached hydrogens (tertiary/aromatic N) is 2. The summed E-state index contributed by atoms with van der Waals surface area (Å²) in [6.07, 6.45) is 20.8. The number of para-hydroxylation sites is 2. The Kier molecular flexibility index (Phi) is 18.1. The summed E-state index contributed by atoms with van der Waals surface area (Å²) in [4.78, 5) is 18.8. The number of phenolic OH excluding ortho intramolecular Hbond substituents is 2. The normalized spacial score (nSPS) is 19.4. The van der Waals surface area contributed by atoms with Gasteiger partial charge in [-0.3, -0.25) is 9.44 Å². The van der Waals surface area contributed by atoms with E-state index in [4.69, 9.17) is 0 Å². The molecule has 4 aliphatic rings. The molecule has 0 heterocycles. The molecule has 62 heavy (non-hydrogen) atoms. The van der Waals surface area contributed by atoms with Crippen molar-refractivity contribution in [2.45, 2.75) is 139 Å². The molecule has 0 bridgehead atoms. The van der Waals surface area contributed by atoms with Gasteiger partial charge in [-0.2, -0.15) is 0 Å². The zero-order chi connectivity index (χ0) is 45.9. The highest BCUT2D eigenvalue weighted by atomic mass is 32.2. The number of rotatable bonds is 16. The van der Waals surface area contributed by atoms with Crippen LogP contribution in [0.25, 0.3) is 0 Å². The Morgan fingerprint density at radius 3 is 1.08 bits per heavy atom. The highest BCUT2D eigenvalue weighted by molar-refractivity contribution is 7.92. The SMILES string of the molecule is C[N+](CC(O)c1cccc(NS(C)(=O)=O)c1O)(C1CCCC1)C1CCCC1.C[N+](CC(O)c1cccc(NS(C)(=O)=O)c1O)(C1CCCC1)C1CCCC1.O=C([O-])/C=C\C(=O)[O-]. The van der Waals surface area contributed by atoms with Crippen LogP contribution in [0, 0.1) is 0 Å². The number of aliphatic hydroxyl groups is 2. The lowest BCUT2D eigenvalue weighted by Gasteiger charge is -2.46. The molecule has 16 nitrogen and oxygen atoms in total. The minimum Gasteiger partial charge on any atom is -0.545 e. The van der Waals surface area contributed by atoms with Crippen molar-refractivity contribution in [3.63, 3.8) is 0 Å². The number of aliphatic carboxylic acids is 2. The van der Waals surface area contributed by atoms with Crippen LogP contribution in [0.3, 0.4) is 0 Å². The van der Waals surface area contributed by atoms with Gasteiger partial charge < -0.3 is 49.2 Å². The van der Waals surface area contributed by atoms with Gasteiger partial charge in [0.15, 0.2) is 0 Å². The van der Waals surface area contributed by atoms with Crippen molar-refractivity contribution in [1.82, 2.24) is 0 Å². The first-order valence-corrected chi connectivity index (χ1v) is 25.6. The smallest absolute Gasteiger partial charge is 0.229 e. The monoisotopic (exact) mass is 908 g/mol. The van der Waals surface area contributed by atoms with Gasteiger partial charge in [0.2, 0.25) is 20.0 Å². The number of quaternary nitrogens is 2. The molecule has 18 heteroatoms. The number of aliphatic hydroxyl groups excluding tert-OH is 2. The maximum Gasteiger partial charge on any atom is 0.229 e. The largest absolute Gasteiger partial charge is 0.545 e. The molecule has 2 aromatic carbocycles. The molecule has 0 aromatic heterocycles. The average Bonchev–Trinajstić information content (AvgIpc) is 4.04. The molecule has 348 valence electrons. The molecule has 4 saturated carbocycles. The van der Waals surface area contributed by atoms with Gasteiger partial charge in [-0.05, 0) is 127 Å². The van der Waals surface area contributed by atoms with Crippen LogP contribution in [-0.4, -0.2) is 122 Å². The number of likely N-dealkylation sites (N-methyl/N-ethyl adjacent to an activating group) is 2. The van der Waals surface area contributed by atoms with E-state index in [0.29, 0.717) is 60.5 Å². The van der Waals surface area contributed by atoms with Crippen molar-refractivity contribution in [3.05, 3.63) is 59.7 Å². The average molecular weight is 909 g/mol. The predicted octanol–water partition coefficient (Wildman–Crippen LogP) is 3.30. The second-order valence-electron chi connectivity index (χ2n) is 18.1. The first-order valence-electron chi connectivity index (χ1n) is 21.8. The lowest BCUT2D eigenvalue weighted by molar-refractivity contribution is -0.958. The van der Waals surface area contributed by atoms with Crippen LogP contribution in [0.1, 0.15) is 126 Å². The number of carboxylic acid groups (broad SMARTS) is 2. The van der Waals surface area contributed by atoms with Gasteiger partial charge in [0.05, 0.1) is 74.1 Å². The summed E-state index contributed by atoms with van der Waals surface area (Å²) in [6, 6.07) is 11.9. The third-order valence-electron chi connectivity index (χ3n) is 13.6. The van der Waals surface area contributed by atoms with Crippen LogP contribution >= 0.6 is 0 Å². The third-order valence-corrected chi connectivity index (χ3v) is 14.7. The summed E-state index contributed by atoms with van der Waals surface area (Å²) >= 11 is 0. The molecule has 0 radical (unpaired) electrons. The highest BCUT2D eigenvalue weighted by Gasteiger charge is 2.45. The molecule has 4 fully saturated rings. The number of carboxylic acids is 2. The van der Waals surface area contributed by atoms with Gasteiger partial charge in [-0.1, -0.05) is 24.3 Å². The van der Waals surface area contributed by atoms with Crippen molar-refractivity contribution in [1.29, 1.82) is 0 Å². The number of anilines is 2. The van der Waals surface area contributed by atoms with Crippen LogP contribution in [-0.2, 0) is 29.6 Å². The Hall–Kier alpha value is -3.94. The second-order valence-corrected chi connectivity index (χ2v) is 21.5. The zero-order valence-corrected chi connectivity index (χ0v) is 38.2. The lowest BCUT2D eigenvalue weighted by Crippen LogP contribution is -2.58.